The first-order valence-electron chi connectivity index (χ1n) is 21.4. The number of methoxy groups -OCH3 is 2. The van der Waals surface area contributed by atoms with Crippen LogP contribution < -0.4 is 20.1 Å². The zero-order valence-corrected chi connectivity index (χ0v) is 35.3. The summed E-state index contributed by atoms with van der Waals surface area (Å²) in [6, 6.07) is 24.1. The fourth-order valence-corrected chi connectivity index (χ4v) is 9.48. The maximum Gasteiger partial charge on any atom is 0.407 e. The van der Waals surface area contributed by atoms with E-state index in [4.69, 9.17) is 28.9 Å². The monoisotopic (exact) mass is 862 g/mol. The van der Waals surface area contributed by atoms with E-state index in [0.717, 1.165) is 82.0 Å². The highest BCUT2D eigenvalue weighted by molar-refractivity contribution is 5.90. The number of nitrogens with zero attached hydrogens (tertiary/aromatic N) is 4. The molecular weight excluding hydrogens is 817 g/mol. The Morgan fingerprint density at radius 3 is 1.47 bits per heavy atom. The van der Waals surface area contributed by atoms with Crippen LogP contribution in [0, 0.1) is 0 Å². The van der Waals surface area contributed by atoms with Crippen molar-refractivity contribution < 1.29 is 38.1 Å². The summed E-state index contributed by atoms with van der Waals surface area (Å²) >= 11 is 0. The molecule has 6 heterocycles. The van der Waals surface area contributed by atoms with Crippen molar-refractivity contribution in [1.82, 2.24) is 40.4 Å². The van der Waals surface area contributed by atoms with Crippen molar-refractivity contribution in [2.45, 2.75) is 63.1 Å². The summed E-state index contributed by atoms with van der Waals surface area (Å²) in [4.78, 5) is 72.8. The van der Waals surface area contributed by atoms with Gasteiger partial charge in [-0.1, -0.05) is 60.7 Å². The maximum atomic E-state index is 14.0. The van der Waals surface area contributed by atoms with E-state index in [9.17, 15) is 19.2 Å². The van der Waals surface area contributed by atoms with Gasteiger partial charge in [0, 0.05) is 46.5 Å². The summed E-state index contributed by atoms with van der Waals surface area (Å²) in [5.41, 5.74) is 8.60. The fourth-order valence-electron chi connectivity index (χ4n) is 9.48. The van der Waals surface area contributed by atoms with E-state index in [-0.39, 0.29) is 23.9 Å². The summed E-state index contributed by atoms with van der Waals surface area (Å²) < 4.78 is 22.6. The number of carbonyl (C=O) groups is 4. The summed E-state index contributed by atoms with van der Waals surface area (Å²) in [5.74, 6) is 2.35. The number of likely N-dealkylation sites (tertiary alicyclic amines) is 2. The number of H-pyrrole nitrogens is 2. The highest BCUT2D eigenvalue weighted by atomic mass is 16.5. The molecule has 16 heteroatoms. The van der Waals surface area contributed by atoms with E-state index in [1.807, 2.05) is 72.8 Å². The molecule has 0 saturated carbocycles. The molecule has 64 heavy (non-hydrogen) atoms. The number of aromatic nitrogens is 4. The van der Waals surface area contributed by atoms with Gasteiger partial charge in [0.05, 0.1) is 50.1 Å². The van der Waals surface area contributed by atoms with Gasteiger partial charge in [-0.2, -0.15) is 0 Å². The number of benzene rings is 4. The van der Waals surface area contributed by atoms with Gasteiger partial charge >= 0.3 is 12.2 Å². The zero-order chi connectivity index (χ0) is 43.9. The van der Waals surface area contributed by atoms with Crippen molar-refractivity contribution >= 4 is 24.0 Å². The van der Waals surface area contributed by atoms with Gasteiger partial charge in [0.25, 0.3) is 11.8 Å². The molecule has 326 valence electrons. The first-order chi connectivity index (χ1) is 31.3. The average molecular weight is 863 g/mol. The Hall–Kier alpha value is -7.62. The average Bonchev–Trinajstić information content (AvgIpc) is 4.19. The molecule has 4 aliphatic rings. The molecule has 6 aromatic rings. The van der Waals surface area contributed by atoms with Gasteiger partial charge in [-0.25, -0.2) is 19.6 Å². The molecule has 4 N–H and O–H groups in total. The van der Waals surface area contributed by atoms with Crippen LogP contribution in [0.1, 0.15) is 83.8 Å². The van der Waals surface area contributed by atoms with Crippen LogP contribution in [-0.4, -0.2) is 81.0 Å². The minimum Gasteiger partial charge on any atom is -0.488 e. The van der Waals surface area contributed by atoms with Crippen molar-refractivity contribution in [3.8, 4) is 45.1 Å². The number of imidazole rings is 2. The number of aromatic amines is 2. The topological polar surface area (TPSA) is 193 Å². The maximum absolute atomic E-state index is 14.0. The lowest BCUT2D eigenvalue weighted by Crippen LogP contribution is -2.42. The van der Waals surface area contributed by atoms with Crippen LogP contribution in [0.2, 0.25) is 0 Å². The summed E-state index contributed by atoms with van der Waals surface area (Å²) in [6.07, 6.45) is 5.21. The Kier molecular flexibility index (Phi) is 10.7. The van der Waals surface area contributed by atoms with E-state index < -0.39 is 24.3 Å². The highest BCUT2D eigenvalue weighted by Crippen LogP contribution is 2.51. The van der Waals surface area contributed by atoms with E-state index in [2.05, 4.69) is 32.7 Å². The third-order valence-electron chi connectivity index (χ3n) is 12.6. The van der Waals surface area contributed by atoms with Gasteiger partial charge in [0.2, 0.25) is 0 Å². The highest BCUT2D eigenvalue weighted by Gasteiger charge is 2.39. The first-order valence-corrected chi connectivity index (χ1v) is 21.4. The molecule has 4 aliphatic heterocycles. The van der Waals surface area contributed by atoms with Crippen LogP contribution in [-0.2, 0) is 32.3 Å². The standard InChI is InChI=1S/C48H46N8O8/c1-61-47(59)53-41(27-11-5-3-6-12-27)45(57)55-17-9-15-35(55)43-49-23-33(51-43)29-19-31-25-64-38-22-30(20-32-26-63-37(21-29)39(31)40(32)38)34-24-50-44(52-34)36-16-10-18-56(36)46(58)42(54-48(60)62-2)28-13-7-4-8-14-28/h3-8,11-14,19-24,35-36,41-42H,9-10,15-18,25-26H2,1-2H3,(H,49,51)(H,50,52)(H,53,59)(H,54,60)/t35-,36-,41+,42+/m0/s1. The first kappa shape index (κ1) is 40.5. The van der Waals surface area contributed by atoms with Crippen molar-refractivity contribution in [1.29, 1.82) is 0 Å². The largest absolute Gasteiger partial charge is 0.488 e. The second kappa shape index (κ2) is 16.9. The van der Waals surface area contributed by atoms with E-state index >= 15 is 0 Å². The van der Waals surface area contributed by atoms with Crippen LogP contribution in [0.15, 0.2) is 97.3 Å². The Morgan fingerprint density at radius 1 is 0.641 bits per heavy atom. The second-order valence-corrected chi connectivity index (χ2v) is 16.3. The third kappa shape index (κ3) is 7.43. The van der Waals surface area contributed by atoms with Gasteiger partial charge in [0.1, 0.15) is 48.4 Å². The molecule has 0 spiro atoms. The smallest absolute Gasteiger partial charge is 0.407 e. The van der Waals surface area contributed by atoms with Crippen LogP contribution >= 0.6 is 0 Å². The number of alkyl carbamates (subject to hydrolysis) is 2. The SMILES string of the molecule is COC(=O)N[C@@H](C(=O)N1CCC[C@H]1c1ncc(-c2cc3c4c(c2)OCc2cc(-c5cnc([C@@H]6CCCN6C(=O)[C@H](NC(=O)OC)c6ccccc6)[nH]5)cc(c2-4)OC3)[nH]1)c1ccccc1. The zero-order valence-electron chi connectivity index (χ0n) is 35.3. The lowest BCUT2D eigenvalue weighted by Gasteiger charge is -2.30. The predicted molar refractivity (Wildman–Crippen MR) is 233 cm³/mol. The number of ether oxygens (including phenoxy) is 4. The van der Waals surface area contributed by atoms with Crippen LogP contribution in [0.5, 0.6) is 11.5 Å². The molecule has 2 saturated heterocycles. The number of carbonyl (C=O) groups excluding carboxylic acids is 4. The van der Waals surface area contributed by atoms with Gasteiger partial charge in [-0.15, -0.1) is 0 Å². The lowest BCUT2D eigenvalue weighted by molar-refractivity contribution is -0.135. The molecular formula is C48H46N8O8. The molecule has 0 bridgehead atoms. The summed E-state index contributed by atoms with van der Waals surface area (Å²) in [5, 5.41) is 5.44. The molecule has 0 unspecified atom stereocenters. The van der Waals surface area contributed by atoms with Crippen LogP contribution in [0.4, 0.5) is 9.59 Å². The predicted octanol–water partition coefficient (Wildman–Crippen LogP) is 7.44. The molecule has 10 rings (SSSR count). The minimum absolute atomic E-state index is 0.234. The number of amides is 4. The molecule has 4 amide bonds. The van der Waals surface area contributed by atoms with Crippen LogP contribution in [0.3, 0.4) is 0 Å². The van der Waals surface area contributed by atoms with Crippen molar-refractivity contribution in [3.63, 3.8) is 0 Å². The Labute approximate surface area is 368 Å². The van der Waals surface area contributed by atoms with Crippen molar-refractivity contribution in [2.24, 2.45) is 0 Å². The minimum atomic E-state index is -0.909. The quantitative estimate of drug-likeness (QED) is 0.108. The van der Waals surface area contributed by atoms with Gasteiger partial charge < -0.3 is 49.3 Å². The molecule has 16 nitrogen and oxygen atoms in total. The molecule has 4 atom stereocenters. The summed E-state index contributed by atoms with van der Waals surface area (Å²) in [6.45, 7) is 1.70. The lowest BCUT2D eigenvalue weighted by atomic mass is 9.87. The molecule has 4 aromatic carbocycles. The van der Waals surface area contributed by atoms with Crippen LogP contribution in [0.25, 0.3) is 33.6 Å². The fraction of sp³-hybridized carbons (Fsp3) is 0.292. The summed E-state index contributed by atoms with van der Waals surface area (Å²) in [7, 11) is 2.55. The molecule has 2 fully saturated rings. The van der Waals surface area contributed by atoms with E-state index in [1.165, 1.54) is 14.2 Å². The van der Waals surface area contributed by atoms with Gasteiger partial charge in [-0.3, -0.25) is 9.59 Å². The molecule has 2 aromatic heterocycles. The third-order valence-corrected chi connectivity index (χ3v) is 12.6. The molecule has 0 aliphatic carbocycles. The Bertz CT molecular complexity index is 2520. The molecule has 0 radical (unpaired) electrons. The van der Waals surface area contributed by atoms with Gasteiger partial charge in [-0.05, 0) is 61.1 Å². The number of rotatable bonds is 10. The number of nitrogens with one attached hydrogen (secondary N) is 4. The van der Waals surface area contributed by atoms with Crippen molar-refractivity contribution in [3.05, 3.63) is 131 Å². The second-order valence-electron chi connectivity index (χ2n) is 16.3. The van der Waals surface area contributed by atoms with Crippen molar-refractivity contribution in [2.75, 3.05) is 27.3 Å². The Morgan fingerprint density at radius 2 is 1.06 bits per heavy atom. The van der Waals surface area contributed by atoms with E-state index in [0.29, 0.717) is 49.1 Å². The number of hydrogen-bond acceptors (Lipinski definition) is 10. The number of hydrogen-bond donors (Lipinski definition) is 4. The van der Waals surface area contributed by atoms with Gasteiger partial charge in [0.15, 0.2) is 0 Å². The van der Waals surface area contributed by atoms with E-state index in [1.54, 1.807) is 22.2 Å². The Balaban J connectivity index is 0.879. The normalized spacial score (nSPS) is 18.0.